The SMILES string of the molecule is COC(=O)c1ccc(OCc2ccccc2)c(C)c1Cl. The molecule has 0 aromatic heterocycles. The number of benzene rings is 2. The molecule has 0 aliphatic rings. The van der Waals surface area contributed by atoms with E-state index in [1.54, 1.807) is 12.1 Å². The van der Waals surface area contributed by atoms with Gasteiger partial charge in [0, 0.05) is 5.56 Å². The van der Waals surface area contributed by atoms with Crippen LogP contribution in [0.1, 0.15) is 21.5 Å². The minimum atomic E-state index is -0.451. The van der Waals surface area contributed by atoms with E-state index in [0.717, 1.165) is 11.1 Å². The molecule has 0 amide bonds. The summed E-state index contributed by atoms with van der Waals surface area (Å²) in [4.78, 5) is 11.5. The van der Waals surface area contributed by atoms with Gasteiger partial charge >= 0.3 is 5.97 Å². The molecule has 0 bridgehead atoms. The molecule has 0 saturated carbocycles. The monoisotopic (exact) mass is 290 g/mol. The van der Waals surface area contributed by atoms with E-state index in [4.69, 9.17) is 16.3 Å². The molecular weight excluding hydrogens is 276 g/mol. The Labute approximate surface area is 123 Å². The van der Waals surface area contributed by atoms with Gasteiger partial charge in [0.2, 0.25) is 0 Å². The van der Waals surface area contributed by atoms with Crippen molar-refractivity contribution in [2.75, 3.05) is 7.11 Å². The van der Waals surface area contributed by atoms with Crippen molar-refractivity contribution in [2.24, 2.45) is 0 Å². The van der Waals surface area contributed by atoms with Crippen LogP contribution in [0.15, 0.2) is 42.5 Å². The molecule has 0 unspecified atom stereocenters. The molecule has 4 heteroatoms. The molecule has 0 N–H and O–H groups in total. The molecule has 2 rings (SSSR count). The van der Waals surface area contributed by atoms with Gasteiger partial charge in [-0.3, -0.25) is 0 Å². The lowest BCUT2D eigenvalue weighted by Crippen LogP contribution is -2.04. The average Bonchev–Trinajstić information content (AvgIpc) is 2.49. The van der Waals surface area contributed by atoms with Gasteiger partial charge in [-0.05, 0) is 24.6 Å². The highest BCUT2D eigenvalue weighted by Crippen LogP contribution is 2.30. The number of carbonyl (C=O) groups excluding carboxylic acids is 1. The van der Waals surface area contributed by atoms with Crippen molar-refractivity contribution in [3.63, 3.8) is 0 Å². The molecule has 0 aliphatic heterocycles. The highest BCUT2D eigenvalue weighted by atomic mass is 35.5. The number of hydrogen-bond donors (Lipinski definition) is 0. The third-order valence-corrected chi connectivity index (χ3v) is 3.47. The molecule has 104 valence electrons. The van der Waals surface area contributed by atoms with E-state index in [1.165, 1.54) is 7.11 Å². The van der Waals surface area contributed by atoms with E-state index in [0.29, 0.717) is 22.9 Å². The molecular formula is C16H15ClO3. The second-order valence-electron chi connectivity index (χ2n) is 4.32. The van der Waals surface area contributed by atoms with Gasteiger partial charge in [-0.25, -0.2) is 4.79 Å². The van der Waals surface area contributed by atoms with E-state index in [9.17, 15) is 4.79 Å². The van der Waals surface area contributed by atoms with Crippen molar-refractivity contribution in [2.45, 2.75) is 13.5 Å². The van der Waals surface area contributed by atoms with Gasteiger partial charge in [0.15, 0.2) is 0 Å². The van der Waals surface area contributed by atoms with Gasteiger partial charge in [-0.2, -0.15) is 0 Å². The number of halogens is 1. The molecule has 0 atom stereocenters. The van der Waals surface area contributed by atoms with Gasteiger partial charge < -0.3 is 9.47 Å². The lowest BCUT2D eigenvalue weighted by atomic mass is 10.1. The zero-order valence-corrected chi connectivity index (χ0v) is 12.1. The number of hydrogen-bond acceptors (Lipinski definition) is 3. The first kappa shape index (κ1) is 14.4. The largest absolute Gasteiger partial charge is 0.489 e. The van der Waals surface area contributed by atoms with Crippen LogP contribution in [0, 0.1) is 6.92 Å². The summed E-state index contributed by atoms with van der Waals surface area (Å²) < 4.78 is 10.4. The summed E-state index contributed by atoms with van der Waals surface area (Å²) in [5.74, 6) is 0.208. The standard InChI is InChI=1S/C16H15ClO3/c1-11-14(20-10-12-6-4-3-5-7-12)9-8-13(15(11)17)16(18)19-2/h3-9H,10H2,1-2H3. The highest BCUT2D eigenvalue weighted by Gasteiger charge is 2.15. The Morgan fingerprint density at radius 2 is 1.85 bits per heavy atom. The maximum absolute atomic E-state index is 11.5. The normalized spacial score (nSPS) is 10.2. The summed E-state index contributed by atoms with van der Waals surface area (Å²) in [5.41, 5.74) is 2.14. The summed E-state index contributed by atoms with van der Waals surface area (Å²) in [6.45, 7) is 2.27. The Hall–Kier alpha value is -2.00. The van der Waals surface area contributed by atoms with Crippen LogP contribution in [0.25, 0.3) is 0 Å². The number of methoxy groups -OCH3 is 1. The first-order chi connectivity index (χ1) is 9.63. The molecule has 2 aromatic carbocycles. The summed E-state index contributed by atoms with van der Waals surface area (Å²) in [5, 5.41) is 0.363. The zero-order valence-electron chi connectivity index (χ0n) is 11.4. The first-order valence-electron chi connectivity index (χ1n) is 6.17. The number of esters is 1. The van der Waals surface area contributed by atoms with E-state index < -0.39 is 5.97 Å². The van der Waals surface area contributed by atoms with Crippen LogP contribution < -0.4 is 4.74 Å². The van der Waals surface area contributed by atoms with Gasteiger partial charge in [0.25, 0.3) is 0 Å². The lowest BCUT2D eigenvalue weighted by Gasteiger charge is -2.12. The predicted molar refractivity (Wildman–Crippen MR) is 78.3 cm³/mol. The topological polar surface area (TPSA) is 35.5 Å². The molecule has 0 radical (unpaired) electrons. The molecule has 3 nitrogen and oxygen atoms in total. The maximum Gasteiger partial charge on any atom is 0.339 e. The molecule has 2 aromatic rings. The van der Waals surface area contributed by atoms with Gasteiger partial charge in [-0.1, -0.05) is 41.9 Å². The van der Waals surface area contributed by atoms with Crippen molar-refractivity contribution in [1.82, 2.24) is 0 Å². The third-order valence-electron chi connectivity index (χ3n) is 2.98. The Kier molecular flexibility index (Phi) is 4.64. The van der Waals surface area contributed by atoms with Crippen LogP contribution in [-0.2, 0) is 11.3 Å². The number of rotatable bonds is 4. The smallest absolute Gasteiger partial charge is 0.339 e. The van der Waals surface area contributed by atoms with Gasteiger partial charge in [-0.15, -0.1) is 0 Å². The molecule has 0 aliphatic carbocycles. The Bertz CT molecular complexity index is 609. The lowest BCUT2D eigenvalue weighted by molar-refractivity contribution is 0.0601. The first-order valence-corrected chi connectivity index (χ1v) is 6.55. The van der Waals surface area contributed by atoms with Crippen LogP contribution in [-0.4, -0.2) is 13.1 Å². The fourth-order valence-corrected chi connectivity index (χ4v) is 2.06. The van der Waals surface area contributed by atoms with E-state index in [1.807, 2.05) is 37.3 Å². The van der Waals surface area contributed by atoms with Crippen molar-refractivity contribution >= 4 is 17.6 Å². The average molecular weight is 291 g/mol. The molecule has 20 heavy (non-hydrogen) atoms. The van der Waals surface area contributed by atoms with Crippen molar-refractivity contribution in [3.8, 4) is 5.75 Å². The van der Waals surface area contributed by atoms with E-state index in [2.05, 4.69) is 4.74 Å². The highest BCUT2D eigenvalue weighted by molar-refractivity contribution is 6.34. The van der Waals surface area contributed by atoms with Crippen molar-refractivity contribution in [1.29, 1.82) is 0 Å². The molecule has 0 heterocycles. The van der Waals surface area contributed by atoms with E-state index >= 15 is 0 Å². The summed E-state index contributed by atoms with van der Waals surface area (Å²) in [6.07, 6.45) is 0. The number of ether oxygens (including phenoxy) is 2. The van der Waals surface area contributed by atoms with Gasteiger partial charge in [0.1, 0.15) is 12.4 Å². The summed E-state index contributed by atoms with van der Waals surface area (Å²) in [6, 6.07) is 13.2. The fraction of sp³-hybridized carbons (Fsp3) is 0.188. The van der Waals surface area contributed by atoms with E-state index in [-0.39, 0.29) is 0 Å². The Morgan fingerprint density at radius 1 is 1.15 bits per heavy atom. The molecule has 0 saturated heterocycles. The third kappa shape index (κ3) is 3.11. The maximum atomic E-state index is 11.5. The van der Waals surface area contributed by atoms with Crippen LogP contribution in [0.2, 0.25) is 5.02 Å². The fourth-order valence-electron chi connectivity index (χ4n) is 1.83. The number of carbonyl (C=O) groups is 1. The van der Waals surface area contributed by atoms with Crippen LogP contribution >= 0.6 is 11.6 Å². The minimum absolute atomic E-state index is 0.346. The van der Waals surface area contributed by atoms with Crippen molar-refractivity contribution < 1.29 is 14.3 Å². The second-order valence-corrected chi connectivity index (χ2v) is 4.69. The zero-order chi connectivity index (χ0) is 14.5. The minimum Gasteiger partial charge on any atom is -0.489 e. The summed E-state index contributed by atoms with van der Waals surface area (Å²) in [7, 11) is 1.33. The predicted octanol–water partition coefficient (Wildman–Crippen LogP) is 4.01. The summed E-state index contributed by atoms with van der Waals surface area (Å²) >= 11 is 6.17. The Morgan fingerprint density at radius 3 is 2.50 bits per heavy atom. The van der Waals surface area contributed by atoms with Crippen molar-refractivity contribution in [3.05, 3.63) is 64.2 Å². The van der Waals surface area contributed by atoms with Crippen LogP contribution in [0.4, 0.5) is 0 Å². The Balaban J connectivity index is 2.18. The van der Waals surface area contributed by atoms with Crippen LogP contribution in [0.3, 0.4) is 0 Å². The quantitative estimate of drug-likeness (QED) is 0.798. The second kappa shape index (κ2) is 6.44. The molecule has 0 spiro atoms. The van der Waals surface area contributed by atoms with Gasteiger partial charge in [0.05, 0.1) is 17.7 Å². The van der Waals surface area contributed by atoms with Crippen LogP contribution in [0.5, 0.6) is 5.75 Å². The molecule has 0 fully saturated rings.